The van der Waals surface area contributed by atoms with Gasteiger partial charge >= 0.3 is 11.9 Å². The number of ether oxygens (including phenoxy) is 2. The van der Waals surface area contributed by atoms with E-state index in [2.05, 4.69) is 0 Å². The lowest BCUT2D eigenvalue weighted by atomic mass is 10.1. The molecule has 19 heavy (non-hydrogen) atoms. The van der Waals surface area contributed by atoms with Crippen molar-refractivity contribution in [3.8, 4) is 0 Å². The minimum Gasteiger partial charge on any atom is -0.462 e. The van der Waals surface area contributed by atoms with Crippen molar-refractivity contribution >= 4 is 17.5 Å². The van der Waals surface area contributed by atoms with Crippen LogP contribution in [-0.4, -0.2) is 25.2 Å². The van der Waals surface area contributed by atoms with Gasteiger partial charge in [-0.3, -0.25) is 9.59 Å². The number of hydrogen-bond donors (Lipinski definition) is 0. The van der Waals surface area contributed by atoms with E-state index in [4.69, 9.17) is 9.47 Å². The second-order valence-corrected chi connectivity index (χ2v) is 3.82. The average Bonchev–Trinajstić information content (AvgIpc) is 2.34. The molecule has 0 unspecified atom stereocenters. The van der Waals surface area contributed by atoms with Crippen LogP contribution >= 0.6 is 0 Å². The third-order valence-electron chi connectivity index (χ3n) is 2.26. The Hall–Kier alpha value is -2.17. The van der Waals surface area contributed by atoms with Crippen LogP contribution in [-0.2, 0) is 19.1 Å². The van der Waals surface area contributed by atoms with Crippen LogP contribution in [0.15, 0.2) is 30.3 Å². The molecule has 0 heterocycles. The number of esters is 2. The molecule has 0 aromatic heterocycles. The van der Waals surface area contributed by atoms with Crippen LogP contribution in [0.4, 0.5) is 4.39 Å². The van der Waals surface area contributed by atoms with Gasteiger partial charge in [0.25, 0.3) is 0 Å². The van der Waals surface area contributed by atoms with Crippen molar-refractivity contribution < 1.29 is 23.5 Å². The lowest BCUT2D eigenvalue weighted by molar-refractivity contribution is -0.140. The smallest absolute Gasteiger partial charge is 0.302 e. The summed E-state index contributed by atoms with van der Waals surface area (Å²) in [7, 11) is 0. The normalized spacial score (nSPS) is 11.0. The maximum atomic E-state index is 12.8. The van der Waals surface area contributed by atoms with Gasteiger partial charge in [0.1, 0.15) is 19.0 Å². The van der Waals surface area contributed by atoms with Gasteiger partial charge in [0, 0.05) is 13.8 Å². The predicted molar refractivity (Wildman–Crippen MR) is 67.6 cm³/mol. The Morgan fingerprint density at radius 3 is 2.21 bits per heavy atom. The van der Waals surface area contributed by atoms with Gasteiger partial charge in [-0.05, 0) is 29.3 Å². The van der Waals surface area contributed by atoms with E-state index in [9.17, 15) is 14.0 Å². The van der Waals surface area contributed by atoms with Crippen molar-refractivity contribution in [2.75, 3.05) is 13.2 Å². The topological polar surface area (TPSA) is 52.6 Å². The fraction of sp³-hybridized carbons (Fsp3) is 0.286. The van der Waals surface area contributed by atoms with Gasteiger partial charge in [0.05, 0.1) is 0 Å². The number of rotatable bonds is 5. The first-order valence-corrected chi connectivity index (χ1v) is 5.70. The Morgan fingerprint density at radius 2 is 1.68 bits per heavy atom. The van der Waals surface area contributed by atoms with Crippen LogP contribution in [0.5, 0.6) is 0 Å². The molecule has 0 atom stereocenters. The second kappa shape index (κ2) is 7.31. The van der Waals surface area contributed by atoms with Crippen molar-refractivity contribution in [1.29, 1.82) is 0 Å². The van der Waals surface area contributed by atoms with Gasteiger partial charge in [0.15, 0.2) is 0 Å². The molecule has 5 heteroatoms. The zero-order valence-electron chi connectivity index (χ0n) is 10.8. The summed E-state index contributed by atoms with van der Waals surface area (Å²) in [6.45, 7) is 2.72. The summed E-state index contributed by atoms with van der Waals surface area (Å²) < 4.78 is 22.5. The molecule has 102 valence electrons. The quantitative estimate of drug-likeness (QED) is 0.767. The summed E-state index contributed by atoms with van der Waals surface area (Å²) in [6, 6.07) is 5.75. The monoisotopic (exact) mass is 266 g/mol. The highest BCUT2D eigenvalue weighted by molar-refractivity contribution is 5.72. The number of benzene rings is 1. The van der Waals surface area contributed by atoms with Crippen molar-refractivity contribution in [3.05, 3.63) is 41.7 Å². The number of carbonyl (C=O) groups excluding carboxylic acids is 2. The zero-order valence-corrected chi connectivity index (χ0v) is 10.8. The van der Waals surface area contributed by atoms with Gasteiger partial charge < -0.3 is 9.47 Å². The van der Waals surface area contributed by atoms with E-state index in [1.807, 2.05) is 0 Å². The molecular weight excluding hydrogens is 251 g/mol. The molecule has 0 aliphatic carbocycles. The van der Waals surface area contributed by atoms with Crippen LogP contribution in [0.25, 0.3) is 5.57 Å². The molecule has 1 aromatic rings. The maximum absolute atomic E-state index is 12.8. The summed E-state index contributed by atoms with van der Waals surface area (Å²) >= 11 is 0. The Balaban J connectivity index is 2.81. The number of halogens is 1. The first kappa shape index (κ1) is 14.9. The van der Waals surface area contributed by atoms with Gasteiger partial charge in [-0.2, -0.15) is 0 Å². The van der Waals surface area contributed by atoms with Gasteiger partial charge in [0.2, 0.25) is 0 Å². The third kappa shape index (κ3) is 5.81. The van der Waals surface area contributed by atoms with E-state index < -0.39 is 11.9 Å². The van der Waals surface area contributed by atoms with E-state index in [0.717, 1.165) is 0 Å². The standard InChI is InChI=1S/C14H15FO4/c1-10(16)18-8-7-13(9-19-11(2)17)12-3-5-14(15)6-4-12/h3-7H,8-9H2,1-2H3/b13-7+. The Labute approximate surface area is 110 Å². The zero-order chi connectivity index (χ0) is 14.3. The number of hydrogen-bond acceptors (Lipinski definition) is 4. The van der Waals surface area contributed by atoms with E-state index in [-0.39, 0.29) is 19.0 Å². The molecule has 1 aromatic carbocycles. The molecule has 0 aliphatic heterocycles. The van der Waals surface area contributed by atoms with Crippen molar-refractivity contribution in [3.63, 3.8) is 0 Å². The van der Waals surface area contributed by atoms with Crippen molar-refractivity contribution in [2.24, 2.45) is 0 Å². The highest BCUT2D eigenvalue weighted by atomic mass is 19.1. The van der Waals surface area contributed by atoms with E-state index >= 15 is 0 Å². The molecule has 4 nitrogen and oxygen atoms in total. The molecule has 0 aliphatic rings. The highest BCUT2D eigenvalue weighted by Gasteiger charge is 2.05. The first-order valence-electron chi connectivity index (χ1n) is 5.70. The lowest BCUT2D eigenvalue weighted by Gasteiger charge is -2.08. The van der Waals surface area contributed by atoms with Gasteiger partial charge in [-0.25, -0.2) is 4.39 Å². The van der Waals surface area contributed by atoms with Crippen LogP contribution in [0.2, 0.25) is 0 Å². The van der Waals surface area contributed by atoms with E-state index in [1.165, 1.54) is 26.0 Å². The summed E-state index contributed by atoms with van der Waals surface area (Å²) in [5, 5.41) is 0. The molecule has 0 amide bonds. The molecule has 0 radical (unpaired) electrons. The second-order valence-electron chi connectivity index (χ2n) is 3.82. The van der Waals surface area contributed by atoms with Gasteiger partial charge in [-0.1, -0.05) is 12.1 Å². The van der Waals surface area contributed by atoms with Crippen LogP contribution in [0, 0.1) is 5.82 Å². The molecule has 0 N–H and O–H groups in total. The molecule has 1 rings (SSSR count). The third-order valence-corrected chi connectivity index (χ3v) is 2.26. The van der Waals surface area contributed by atoms with Crippen molar-refractivity contribution in [2.45, 2.75) is 13.8 Å². The van der Waals surface area contributed by atoms with Crippen molar-refractivity contribution in [1.82, 2.24) is 0 Å². The highest BCUT2D eigenvalue weighted by Crippen LogP contribution is 2.15. The molecule has 0 saturated carbocycles. The fourth-order valence-corrected chi connectivity index (χ4v) is 1.36. The van der Waals surface area contributed by atoms with Crippen LogP contribution in [0.1, 0.15) is 19.4 Å². The van der Waals surface area contributed by atoms with Crippen LogP contribution < -0.4 is 0 Å². The van der Waals surface area contributed by atoms with Gasteiger partial charge in [-0.15, -0.1) is 0 Å². The van der Waals surface area contributed by atoms with Crippen LogP contribution in [0.3, 0.4) is 0 Å². The van der Waals surface area contributed by atoms with E-state index in [1.54, 1.807) is 18.2 Å². The SMILES string of the molecule is CC(=O)OC/C=C(\COC(C)=O)c1ccc(F)cc1. The minimum atomic E-state index is -0.416. The minimum absolute atomic E-state index is 0.0439. The molecule has 0 fully saturated rings. The fourth-order valence-electron chi connectivity index (χ4n) is 1.36. The molecular formula is C14H15FO4. The molecule has 0 saturated heterocycles. The molecule has 0 spiro atoms. The predicted octanol–water partition coefficient (Wildman–Crippen LogP) is 2.34. The first-order chi connectivity index (χ1) is 8.99. The largest absolute Gasteiger partial charge is 0.462 e. The lowest BCUT2D eigenvalue weighted by Crippen LogP contribution is -2.05. The average molecular weight is 266 g/mol. The number of carbonyl (C=O) groups is 2. The summed E-state index contributed by atoms with van der Waals surface area (Å²) in [5.74, 6) is -1.17. The van der Waals surface area contributed by atoms with E-state index in [0.29, 0.717) is 11.1 Å². The summed E-state index contributed by atoms with van der Waals surface area (Å²) in [4.78, 5) is 21.5. The Morgan fingerprint density at radius 1 is 1.11 bits per heavy atom. The summed E-state index contributed by atoms with van der Waals surface area (Å²) in [5.41, 5.74) is 1.35. The molecule has 0 bridgehead atoms. The Bertz CT molecular complexity index is 477. The maximum Gasteiger partial charge on any atom is 0.302 e. The summed E-state index contributed by atoms with van der Waals surface area (Å²) in [6.07, 6.45) is 1.62. The Kier molecular flexibility index (Phi) is 5.73.